The third kappa shape index (κ3) is 4.57. The van der Waals surface area contributed by atoms with Crippen LogP contribution in [-0.4, -0.2) is 20.4 Å². The minimum absolute atomic E-state index is 0.0306. The zero-order chi connectivity index (χ0) is 18.6. The van der Waals surface area contributed by atoms with Gasteiger partial charge >= 0.3 is 0 Å². The van der Waals surface area contributed by atoms with Crippen LogP contribution in [0.1, 0.15) is 36.2 Å². The molecular formula is C18H21FN2O3S. The van der Waals surface area contributed by atoms with E-state index in [1.807, 2.05) is 13.8 Å². The van der Waals surface area contributed by atoms with E-state index in [-0.39, 0.29) is 33.7 Å². The summed E-state index contributed by atoms with van der Waals surface area (Å²) in [5, 5.41) is 2.81. The first-order valence-electron chi connectivity index (χ1n) is 7.93. The van der Waals surface area contributed by atoms with Gasteiger partial charge in [0.25, 0.3) is 15.9 Å². The van der Waals surface area contributed by atoms with Gasteiger partial charge in [0.15, 0.2) is 0 Å². The molecule has 2 aromatic rings. The highest BCUT2D eigenvalue weighted by molar-refractivity contribution is 7.92. The second-order valence-corrected chi connectivity index (χ2v) is 7.53. The Balaban J connectivity index is 2.33. The molecule has 7 heteroatoms. The van der Waals surface area contributed by atoms with Crippen LogP contribution in [0.2, 0.25) is 0 Å². The van der Waals surface area contributed by atoms with E-state index < -0.39 is 15.8 Å². The predicted octanol–water partition coefficient (Wildman–Crippen LogP) is 3.46. The number of nitrogens with one attached hydrogen (secondary N) is 2. The number of amides is 1. The Hall–Kier alpha value is -2.41. The molecule has 0 saturated carbocycles. The Labute approximate surface area is 147 Å². The van der Waals surface area contributed by atoms with Crippen LogP contribution in [0.5, 0.6) is 0 Å². The molecule has 0 aliphatic heterocycles. The molecule has 0 radical (unpaired) electrons. The number of carbonyl (C=O) groups excluding carboxylic acids is 1. The number of para-hydroxylation sites is 1. The summed E-state index contributed by atoms with van der Waals surface area (Å²) in [4.78, 5) is 12.3. The second-order valence-electron chi connectivity index (χ2n) is 5.84. The molecule has 0 aromatic heterocycles. The summed E-state index contributed by atoms with van der Waals surface area (Å²) < 4.78 is 40.9. The molecule has 0 spiro atoms. The highest BCUT2D eigenvalue weighted by Crippen LogP contribution is 2.21. The Morgan fingerprint density at radius 2 is 1.88 bits per heavy atom. The van der Waals surface area contributed by atoms with E-state index in [1.165, 1.54) is 25.1 Å². The van der Waals surface area contributed by atoms with Gasteiger partial charge in [-0.2, -0.15) is 0 Å². The summed E-state index contributed by atoms with van der Waals surface area (Å²) in [6.07, 6.45) is 0.758. The lowest BCUT2D eigenvalue weighted by Crippen LogP contribution is -2.32. The molecule has 0 aliphatic rings. The molecule has 1 amide bonds. The topological polar surface area (TPSA) is 75.3 Å². The number of halogens is 1. The van der Waals surface area contributed by atoms with E-state index in [1.54, 1.807) is 18.2 Å². The van der Waals surface area contributed by atoms with E-state index in [0.29, 0.717) is 0 Å². The van der Waals surface area contributed by atoms with Crippen LogP contribution in [0.25, 0.3) is 0 Å². The van der Waals surface area contributed by atoms with Crippen LogP contribution in [0.15, 0.2) is 47.4 Å². The normalized spacial score (nSPS) is 12.5. The van der Waals surface area contributed by atoms with Crippen molar-refractivity contribution in [2.45, 2.75) is 38.1 Å². The van der Waals surface area contributed by atoms with Crippen molar-refractivity contribution in [3.05, 3.63) is 59.4 Å². The number of hydrogen-bond donors (Lipinski definition) is 2. The molecule has 0 aliphatic carbocycles. The molecular weight excluding hydrogens is 343 g/mol. The molecule has 2 aromatic carbocycles. The Morgan fingerprint density at radius 1 is 1.20 bits per heavy atom. The van der Waals surface area contributed by atoms with Gasteiger partial charge in [-0.1, -0.05) is 19.1 Å². The van der Waals surface area contributed by atoms with Crippen LogP contribution in [0.4, 0.5) is 10.1 Å². The fraction of sp³-hybridized carbons (Fsp3) is 0.278. The van der Waals surface area contributed by atoms with Crippen LogP contribution in [0, 0.1) is 12.7 Å². The van der Waals surface area contributed by atoms with Crippen LogP contribution in [0.3, 0.4) is 0 Å². The van der Waals surface area contributed by atoms with Crippen LogP contribution >= 0.6 is 0 Å². The fourth-order valence-electron chi connectivity index (χ4n) is 2.16. The maximum Gasteiger partial charge on any atom is 0.261 e. The summed E-state index contributed by atoms with van der Waals surface area (Å²) in [5.41, 5.74) is 0.626. The molecule has 0 saturated heterocycles. The van der Waals surface area contributed by atoms with Gasteiger partial charge in [0.2, 0.25) is 0 Å². The van der Waals surface area contributed by atoms with Crippen molar-refractivity contribution in [1.29, 1.82) is 0 Å². The van der Waals surface area contributed by atoms with E-state index in [4.69, 9.17) is 0 Å². The molecule has 5 nitrogen and oxygen atoms in total. The predicted molar refractivity (Wildman–Crippen MR) is 95.6 cm³/mol. The lowest BCUT2D eigenvalue weighted by Gasteiger charge is -2.15. The Kier molecular flexibility index (Phi) is 5.79. The molecule has 0 heterocycles. The molecule has 2 rings (SSSR count). The molecule has 1 atom stereocenters. The molecule has 0 fully saturated rings. The summed E-state index contributed by atoms with van der Waals surface area (Å²) in [7, 11) is -3.94. The standard InChI is InChI=1S/C18H21FN2O3S/c1-4-13(3)20-18(22)15-7-5-6-8-17(15)21-25(23,24)14-9-10-16(19)12(2)11-14/h5-11,13,21H,4H2,1-3H3,(H,20,22)/t13-/m1/s1. The summed E-state index contributed by atoms with van der Waals surface area (Å²) >= 11 is 0. The maximum atomic E-state index is 13.4. The van der Waals surface area contributed by atoms with E-state index in [9.17, 15) is 17.6 Å². The highest BCUT2D eigenvalue weighted by atomic mass is 32.2. The zero-order valence-electron chi connectivity index (χ0n) is 14.3. The van der Waals surface area contributed by atoms with Gasteiger partial charge < -0.3 is 5.32 Å². The molecule has 0 bridgehead atoms. The van der Waals surface area contributed by atoms with Gasteiger partial charge in [0.1, 0.15) is 5.82 Å². The van der Waals surface area contributed by atoms with Gasteiger partial charge in [-0.25, -0.2) is 12.8 Å². The van der Waals surface area contributed by atoms with Crippen molar-refractivity contribution in [2.24, 2.45) is 0 Å². The highest BCUT2D eigenvalue weighted by Gasteiger charge is 2.19. The third-order valence-electron chi connectivity index (χ3n) is 3.85. The van der Waals surface area contributed by atoms with Crippen LogP contribution < -0.4 is 10.0 Å². The largest absolute Gasteiger partial charge is 0.350 e. The lowest BCUT2D eigenvalue weighted by molar-refractivity contribution is 0.0940. The average molecular weight is 364 g/mol. The second kappa shape index (κ2) is 7.65. The average Bonchev–Trinajstić information content (AvgIpc) is 2.57. The summed E-state index contributed by atoms with van der Waals surface area (Å²) in [6.45, 7) is 5.30. The first kappa shape index (κ1) is 18.9. The van der Waals surface area contributed by atoms with Gasteiger partial charge in [-0.15, -0.1) is 0 Å². The van der Waals surface area contributed by atoms with Crippen molar-refractivity contribution in [3.63, 3.8) is 0 Å². The van der Waals surface area contributed by atoms with Gasteiger partial charge in [0, 0.05) is 6.04 Å². The SMILES string of the molecule is CC[C@@H](C)NC(=O)c1ccccc1NS(=O)(=O)c1ccc(F)c(C)c1. The molecule has 0 unspecified atom stereocenters. The van der Waals surface area contributed by atoms with Crippen LogP contribution in [-0.2, 0) is 10.0 Å². The van der Waals surface area contributed by atoms with Crippen molar-refractivity contribution < 1.29 is 17.6 Å². The first-order chi connectivity index (χ1) is 11.7. The lowest BCUT2D eigenvalue weighted by atomic mass is 10.1. The molecule has 2 N–H and O–H groups in total. The number of aryl methyl sites for hydroxylation is 1. The van der Waals surface area contributed by atoms with Crippen molar-refractivity contribution in [1.82, 2.24) is 5.32 Å². The molecule has 134 valence electrons. The quantitative estimate of drug-likeness (QED) is 0.824. The minimum atomic E-state index is -3.94. The van der Waals surface area contributed by atoms with Crippen molar-refractivity contribution in [3.8, 4) is 0 Å². The Morgan fingerprint density at radius 3 is 2.52 bits per heavy atom. The summed E-state index contributed by atoms with van der Waals surface area (Å²) in [5.74, 6) is -0.838. The van der Waals surface area contributed by atoms with E-state index in [0.717, 1.165) is 12.5 Å². The monoisotopic (exact) mass is 364 g/mol. The fourth-order valence-corrected chi connectivity index (χ4v) is 3.33. The number of hydrogen-bond acceptors (Lipinski definition) is 3. The number of benzene rings is 2. The number of carbonyl (C=O) groups is 1. The van der Waals surface area contributed by atoms with Crippen molar-refractivity contribution in [2.75, 3.05) is 4.72 Å². The number of rotatable bonds is 6. The third-order valence-corrected chi connectivity index (χ3v) is 5.21. The number of anilines is 1. The van der Waals surface area contributed by atoms with E-state index >= 15 is 0 Å². The number of sulfonamides is 1. The minimum Gasteiger partial charge on any atom is -0.350 e. The maximum absolute atomic E-state index is 13.4. The smallest absolute Gasteiger partial charge is 0.261 e. The van der Waals surface area contributed by atoms with Gasteiger partial charge in [-0.05, 0) is 56.2 Å². The summed E-state index contributed by atoms with van der Waals surface area (Å²) in [6, 6.07) is 9.86. The Bertz CT molecular complexity index is 882. The van der Waals surface area contributed by atoms with Gasteiger partial charge in [0.05, 0.1) is 16.1 Å². The first-order valence-corrected chi connectivity index (χ1v) is 9.41. The van der Waals surface area contributed by atoms with Gasteiger partial charge in [-0.3, -0.25) is 9.52 Å². The molecule has 25 heavy (non-hydrogen) atoms. The zero-order valence-corrected chi connectivity index (χ0v) is 15.2. The van der Waals surface area contributed by atoms with Crippen molar-refractivity contribution >= 4 is 21.6 Å². The van der Waals surface area contributed by atoms with E-state index in [2.05, 4.69) is 10.0 Å².